The first-order valence-electron chi connectivity index (χ1n) is 7.06. The van der Waals surface area contributed by atoms with Crippen LogP contribution in [0.25, 0.3) is 0 Å². The molecule has 0 saturated carbocycles. The maximum absolute atomic E-state index is 5.74. The van der Waals surface area contributed by atoms with Gasteiger partial charge in [-0.3, -0.25) is 4.98 Å². The number of hydrogen-bond donors (Lipinski definition) is 1. The van der Waals surface area contributed by atoms with Crippen LogP contribution >= 0.6 is 0 Å². The molecule has 2 aromatic rings. The second-order valence-corrected chi connectivity index (χ2v) is 5.02. The molecule has 1 N–H and O–H groups in total. The fourth-order valence-corrected chi connectivity index (χ4v) is 1.93. The molecule has 0 bridgehead atoms. The number of aryl methyl sites for hydroxylation is 1. The van der Waals surface area contributed by atoms with E-state index in [1.54, 1.807) is 6.20 Å². The zero-order chi connectivity index (χ0) is 14.2. The summed E-state index contributed by atoms with van der Waals surface area (Å²) in [6.45, 7) is 2.76. The maximum Gasteiger partial charge on any atom is 0.119 e. The first-order valence-corrected chi connectivity index (χ1v) is 7.06. The Morgan fingerprint density at radius 1 is 1.15 bits per heavy atom. The SMILES string of the molecule is CNC(C)CCc1ccc(OCc2cccnc2)cc1. The average Bonchev–Trinajstić information content (AvgIpc) is 2.52. The number of nitrogens with one attached hydrogen (secondary N) is 1. The number of aromatic nitrogens is 1. The van der Waals surface area contributed by atoms with Gasteiger partial charge in [-0.1, -0.05) is 18.2 Å². The lowest BCUT2D eigenvalue weighted by Crippen LogP contribution is -2.21. The van der Waals surface area contributed by atoms with Crippen molar-refractivity contribution in [2.75, 3.05) is 7.05 Å². The van der Waals surface area contributed by atoms with Gasteiger partial charge in [0.2, 0.25) is 0 Å². The molecule has 0 aliphatic carbocycles. The van der Waals surface area contributed by atoms with Crippen LogP contribution in [0.1, 0.15) is 24.5 Å². The van der Waals surface area contributed by atoms with Crippen LogP contribution in [-0.2, 0) is 13.0 Å². The van der Waals surface area contributed by atoms with Crippen molar-refractivity contribution in [1.29, 1.82) is 0 Å². The van der Waals surface area contributed by atoms with E-state index >= 15 is 0 Å². The molecule has 1 aromatic heterocycles. The molecular weight excluding hydrogens is 248 g/mol. The zero-order valence-electron chi connectivity index (χ0n) is 12.2. The Labute approximate surface area is 121 Å². The molecule has 0 amide bonds. The molecule has 0 fully saturated rings. The van der Waals surface area contributed by atoms with E-state index in [1.807, 2.05) is 37.5 Å². The standard InChI is InChI=1S/C17H22N2O/c1-14(18-2)5-6-15-7-9-17(10-8-15)20-13-16-4-3-11-19-12-16/h3-4,7-12,14,18H,5-6,13H2,1-2H3. The molecule has 20 heavy (non-hydrogen) atoms. The minimum absolute atomic E-state index is 0.552. The summed E-state index contributed by atoms with van der Waals surface area (Å²) < 4.78 is 5.74. The van der Waals surface area contributed by atoms with Crippen LogP contribution in [0.2, 0.25) is 0 Å². The van der Waals surface area contributed by atoms with Gasteiger partial charge in [-0.25, -0.2) is 0 Å². The topological polar surface area (TPSA) is 34.1 Å². The van der Waals surface area contributed by atoms with Crippen molar-refractivity contribution in [3.05, 3.63) is 59.9 Å². The van der Waals surface area contributed by atoms with Gasteiger partial charge < -0.3 is 10.1 Å². The molecule has 1 unspecified atom stereocenters. The number of hydrogen-bond acceptors (Lipinski definition) is 3. The summed E-state index contributed by atoms with van der Waals surface area (Å²) >= 11 is 0. The Bertz CT molecular complexity index is 496. The zero-order valence-corrected chi connectivity index (χ0v) is 12.2. The highest BCUT2D eigenvalue weighted by Gasteiger charge is 2.00. The molecule has 1 heterocycles. The van der Waals surface area contributed by atoms with Crippen LogP contribution in [0.15, 0.2) is 48.8 Å². The lowest BCUT2D eigenvalue weighted by Gasteiger charge is -2.10. The first-order chi connectivity index (χ1) is 9.78. The number of ether oxygens (including phenoxy) is 1. The number of nitrogens with zero attached hydrogens (tertiary/aromatic N) is 1. The monoisotopic (exact) mass is 270 g/mol. The van der Waals surface area contributed by atoms with Crippen molar-refractivity contribution in [3.8, 4) is 5.75 Å². The molecule has 2 rings (SSSR count). The van der Waals surface area contributed by atoms with Crippen molar-refractivity contribution in [2.24, 2.45) is 0 Å². The van der Waals surface area contributed by atoms with E-state index in [0.29, 0.717) is 12.6 Å². The van der Waals surface area contributed by atoms with Crippen LogP contribution in [0.3, 0.4) is 0 Å². The Kier molecular flexibility index (Phi) is 5.56. The van der Waals surface area contributed by atoms with Crippen molar-refractivity contribution < 1.29 is 4.74 Å². The largest absolute Gasteiger partial charge is 0.489 e. The van der Waals surface area contributed by atoms with Gasteiger partial charge in [-0.15, -0.1) is 0 Å². The summed E-state index contributed by atoms with van der Waals surface area (Å²) in [6.07, 6.45) is 5.83. The fourth-order valence-electron chi connectivity index (χ4n) is 1.93. The molecule has 0 aliphatic rings. The van der Waals surface area contributed by atoms with Crippen molar-refractivity contribution in [1.82, 2.24) is 10.3 Å². The van der Waals surface area contributed by atoms with Gasteiger partial charge in [0.15, 0.2) is 0 Å². The molecule has 3 heteroatoms. The molecule has 1 atom stereocenters. The predicted octanol–water partition coefficient (Wildman–Crippen LogP) is 3.20. The molecule has 1 aromatic carbocycles. The summed E-state index contributed by atoms with van der Waals surface area (Å²) in [4.78, 5) is 4.07. The molecule has 0 radical (unpaired) electrons. The van der Waals surface area contributed by atoms with Gasteiger partial charge >= 0.3 is 0 Å². The van der Waals surface area contributed by atoms with E-state index in [9.17, 15) is 0 Å². The number of pyridine rings is 1. The Balaban J connectivity index is 1.82. The van der Waals surface area contributed by atoms with Crippen LogP contribution in [0.5, 0.6) is 5.75 Å². The van der Waals surface area contributed by atoms with Gasteiger partial charge in [-0.05, 0) is 50.6 Å². The summed E-state index contributed by atoms with van der Waals surface area (Å²) in [5, 5.41) is 3.25. The van der Waals surface area contributed by atoms with Gasteiger partial charge in [0.05, 0.1) is 0 Å². The lowest BCUT2D eigenvalue weighted by molar-refractivity contribution is 0.305. The quantitative estimate of drug-likeness (QED) is 0.839. The van der Waals surface area contributed by atoms with Crippen molar-refractivity contribution in [2.45, 2.75) is 32.4 Å². The van der Waals surface area contributed by atoms with E-state index in [4.69, 9.17) is 4.74 Å². The lowest BCUT2D eigenvalue weighted by atomic mass is 10.1. The Morgan fingerprint density at radius 3 is 2.60 bits per heavy atom. The highest BCUT2D eigenvalue weighted by molar-refractivity contribution is 5.27. The summed E-state index contributed by atoms with van der Waals surface area (Å²) in [7, 11) is 2.00. The minimum atomic E-state index is 0.552. The van der Waals surface area contributed by atoms with E-state index in [1.165, 1.54) is 5.56 Å². The Morgan fingerprint density at radius 2 is 1.95 bits per heavy atom. The van der Waals surface area contributed by atoms with Crippen LogP contribution < -0.4 is 10.1 Å². The highest BCUT2D eigenvalue weighted by Crippen LogP contribution is 2.15. The normalized spacial score (nSPS) is 12.1. The van der Waals surface area contributed by atoms with E-state index in [-0.39, 0.29) is 0 Å². The fraction of sp³-hybridized carbons (Fsp3) is 0.353. The molecular formula is C17H22N2O. The third kappa shape index (κ3) is 4.67. The Hall–Kier alpha value is -1.87. The van der Waals surface area contributed by atoms with Crippen LogP contribution in [-0.4, -0.2) is 18.1 Å². The van der Waals surface area contributed by atoms with Gasteiger partial charge in [0.1, 0.15) is 12.4 Å². The van der Waals surface area contributed by atoms with Gasteiger partial charge in [-0.2, -0.15) is 0 Å². The smallest absolute Gasteiger partial charge is 0.119 e. The number of rotatable bonds is 7. The summed E-state index contributed by atoms with van der Waals surface area (Å²) in [6, 6.07) is 12.8. The van der Waals surface area contributed by atoms with E-state index in [2.05, 4.69) is 29.4 Å². The highest BCUT2D eigenvalue weighted by atomic mass is 16.5. The summed E-state index contributed by atoms with van der Waals surface area (Å²) in [5.74, 6) is 0.902. The van der Waals surface area contributed by atoms with Gasteiger partial charge in [0.25, 0.3) is 0 Å². The molecule has 3 nitrogen and oxygen atoms in total. The van der Waals surface area contributed by atoms with E-state index < -0.39 is 0 Å². The van der Waals surface area contributed by atoms with Crippen molar-refractivity contribution >= 4 is 0 Å². The van der Waals surface area contributed by atoms with E-state index in [0.717, 1.165) is 24.2 Å². The average molecular weight is 270 g/mol. The maximum atomic E-state index is 5.74. The van der Waals surface area contributed by atoms with Gasteiger partial charge in [0, 0.05) is 24.0 Å². The molecule has 106 valence electrons. The molecule has 0 spiro atoms. The third-order valence-electron chi connectivity index (χ3n) is 3.41. The molecule has 0 saturated heterocycles. The predicted molar refractivity (Wildman–Crippen MR) is 81.9 cm³/mol. The molecule has 0 aliphatic heterocycles. The minimum Gasteiger partial charge on any atom is -0.489 e. The second-order valence-electron chi connectivity index (χ2n) is 5.02. The second kappa shape index (κ2) is 7.65. The number of benzene rings is 1. The summed E-state index contributed by atoms with van der Waals surface area (Å²) in [5.41, 5.74) is 2.43. The van der Waals surface area contributed by atoms with Crippen LogP contribution in [0, 0.1) is 0 Å². The van der Waals surface area contributed by atoms with Crippen molar-refractivity contribution in [3.63, 3.8) is 0 Å². The third-order valence-corrected chi connectivity index (χ3v) is 3.41. The first kappa shape index (κ1) is 14.5. The van der Waals surface area contributed by atoms with Crippen LogP contribution in [0.4, 0.5) is 0 Å².